The van der Waals surface area contributed by atoms with Crippen LogP contribution in [-0.2, 0) is 4.79 Å². The van der Waals surface area contributed by atoms with Crippen molar-refractivity contribution in [2.75, 3.05) is 6.54 Å². The molecule has 0 aliphatic heterocycles. The van der Waals surface area contributed by atoms with Gasteiger partial charge in [0.25, 0.3) is 0 Å². The van der Waals surface area contributed by atoms with Gasteiger partial charge in [0.1, 0.15) is 0 Å². The summed E-state index contributed by atoms with van der Waals surface area (Å²) in [7, 11) is 0. The molecule has 3 N–H and O–H groups in total. The topological polar surface area (TPSA) is 55.1 Å². The lowest BCUT2D eigenvalue weighted by Gasteiger charge is -2.11. The van der Waals surface area contributed by atoms with Gasteiger partial charge in [-0.2, -0.15) is 0 Å². The third-order valence-corrected chi connectivity index (χ3v) is 2.94. The van der Waals surface area contributed by atoms with Crippen molar-refractivity contribution in [3.63, 3.8) is 0 Å². The predicted octanol–water partition coefficient (Wildman–Crippen LogP) is 2.84. The molecule has 0 unspecified atom stereocenters. The lowest BCUT2D eigenvalue weighted by molar-refractivity contribution is -0.122. The maximum absolute atomic E-state index is 11.5. The highest BCUT2D eigenvalue weighted by molar-refractivity contribution is 5.81. The highest BCUT2D eigenvalue weighted by Crippen LogP contribution is 2.08. The summed E-state index contributed by atoms with van der Waals surface area (Å²) in [4.78, 5) is 11.5. The van der Waals surface area contributed by atoms with Crippen LogP contribution in [0.2, 0.25) is 0 Å². The van der Waals surface area contributed by atoms with E-state index in [1.807, 2.05) is 6.92 Å². The van der Waals surface area contributed by atoms with E-state index < -0.39 is 0 Å². The Hall–Kier alpha value is -0.570. The SMILES string of the molecule is CCC[C@H](N)C(=O)NCCCCCCC(C)C. The van der Waals surface area contributed by atoms with Crippen molar-refractivity contribution in [1.29, 1.82) is 0 Å². The van der Waals surface area contributed by atoms with Crippen molar-refractivity contribution in [2.24, 2.45) is 11.7 Å². The summed E-state index contributed by atoms with van der Waals surface area (Å²) in [5.74, 6) is 0.816. The van der Waals surface area contributed by atoms with Crippen molar-refractivity contribution in [3.05, 3.63) is 0 Å². The fourth-order valence-electron chi connectivity index (χ4n) is 1.82. The molecule has 0 spiro atoms. The molecule has 0 saturated carbocycles. The van der Waals surface area contributed by atoms with Gasteiger partial charge in [0.05, 0.1) is 6.04 Å². The molecule has 0 aliphatic carbocycles. The average molecular weight is 242 g/mol. The van der Waals surface area contributed by atoms with Gasteiger partial charge in [0.2, 0.25) is 5.91 Å². The van der Waals surface area contributed by atoms with E-state index in [0.717, 1.165) is 31.7 Å². The van der Waals surface area contributed by atoms with Crippen molar-refractivity contribution in [2.45, 2.75) is 71.8 Å². The van der Waals surface area contributed by atoms with E-state index in [1.165, 1.54) is 25.7 Å². The van der Waals surface area contributed by atoms with Crippen LogP contribution in [-0.4, -0.2) is 18.5 Å². The summed E-state index contributed by atoms with van der Waals surface area (Å²) in [6.07, 6.45) is 7.91. The molecule has 0 heterocycles. The molecular formula is C14H30N2O. The van der Waals surface area contributed by atoms with E-state index in [2.05, 4.69) is 19.2 Å². The number of rotatable bonds is 10. The first-order valence-electron chi connectivity index (χ1n) is 7.11. The molecule has 17 heavy (non-hydrogen) atoms. The molecule has 0 rings (SSSR count). The Labute approximate surface area is 107 Å². The van der Waals surface area contributed by atoms with Crippen molar-refractivity contribution in [3.8, 4) is 0 Å². The number of carbonyl (C=O) groups is 1. The molecular weight excluding hydrogens is 212 g/mol. The Morgan fingerprint density at radius 2 is 1.76 bits per heavy atom. The largest absolute Gasteiger partial charge is 0.355 e. The lowest BCUT2D eigenvalue weighted by atomic mass is 10.0. The second-order valence-corrected chi connectivity index (χ2v) is 5.28. The number of hydrogen-bond donors (Lipinski definition) is 2. The minimum atomic E-state index is -0.319. The summed E-state index contributed by atoms with van der Waals surface area (Å²) < 4.78 is 0. The van der Waals surface area contributed by atoms with Gasteiger partial charge in [0, 0.05) is 6.54 Å². The third kappa shape index (κ3) is 10.3. The van der Waals surface area contributed by atoms with E-state index in [0.29, 0.717) is 0 Å². The second kappa shape index (κ2) is 10.6. The Balaban J connectivity index is 3.30. The normalized spacial score (nSPS) is 12.8. The molecule has 3 heteroatoms. The second-order valence-electron chi connectivity index (χ2n) is 5.28. The smallest absolute Gasteiger partial charge is 0.236 e. The maximum Gasteiger partial charge on any atom is 0.236 e. The number of nitrogens with one attached hydrogen (secondary N) is 1. The average Bonchev–Trinajstić information content (AvgIpc) is 2.27. The molecule has 0 aromatic rings. The van der Waals surface area contributed by atoms with Crippen LogP contribution < -0.4 is 11.1 Å². The molecule has 0 aromatic carbocycles. The van der Waals surface area contributed by atoms with E-state index in [1.54, 1.807) is 0 Å². The van der Waals surface area contributed by atoms with Crippen LogP contribution in [0.15, 0.2) is 0 Å². The number of unbranched alkanes of at least 4 members (excludes halogenated alkanes) is 3. The van der Waals surface area contributed by atoms with Gasteiger partial charge < -0.3 is 11.1 Å². The van der Waals surface area contributed by atoms with Crippen LogP contribution in [0.5, 0.6) is 0 Å². The molecule has 0 saturated heterocycles. The molecule has 3 nitrogen and oxygen atoms in total. The minimum absolute atomic E-state index is 0.00836. The highest BCUT2D eigenvalue weighted by Gasteiger charge is 2.10. The monoisotopic (exact) mass is 242 g/mol. The van der Waals surface area contributed by atoms with E-state index in [-0.39, 0.29) is 11.9 Å². The predicted molar refractivity (Wildman–Crippen MR) is 73.8 cm³/mol. The van der Waals surface area contributed by atoms with Crippen LogP contribution in [0.4, 0.5) is 0 Å². The van der Waals surface area contributed by atoms with Crippen molar-refractivity contribution >= 4 is 5.91 Å². The number of hydrogen-bond acceptors (Lipinski definition) is 2. The van der Waals surface area contributed by atoms with E-state index in [4.69, 9.17) is 5.73 Å². The number of carbonyl (C=O) groups excluding carboxylic acids is 1. The molecule has 1 amide bonds. The first-order chi connectivity index (χ1) is 8.07. The van der Waals surface area contributed by atoms with E-state index in [9.17, 15) is 4.79 Å². The van der Waals surface area contributed by atoms with E-state index >= 15 is 0 Å². The lowest BCUT2D eigenvalue weighted by Crippen LogP contribution is -2.40. The fraction of sp³-hybridized carbons (Fsp3) is 0.929. The Bertz CT molecular complexity index is 193. The summed E-state index contributed by atoms with van der Waals surface area (Å²) in [6.45, 7) is 7.34. The van der Waals surface area contributed by atoms with Crippen molar-refractivity contribution in [1.82, 2.24) is 5.32 Å². The summed E-state index contributed by atoms with van der Waals surface area (Å²) in [5, 5.41) is 2.90. The Kier molecular flexibility index (Phi) is 10.2. The van der Waals surface area contributed by atoms with Crippen LogP contribution in [0, 0.1) is 5.92 Å². The zero-order chi connectivity index (χ0) is 13.1. The van der Waals surface area contributed by atoms with Gasteiger partial charge in [0.15, 0.2) is 0 Å². The summed E-state index contributed by atoms with van der Waals surface area (Å²) in [6, 6.07) is -0.319. The first-order valence-corrected chi connectivity index (χ1v) is 7.11. The molecule has 0 aromatic heterocycles. The molecule has 0 fully saturated rings. The number of amides is 1. The van der Waals surface area contributed by atoms with Gasteiger partial charge in [-0.25, -0.2) is 0 Å². The van der Waals surface area contributed by atoms with Crippen LogP contribution in [0.25, 0.3) is 0 Å². The maximum atomic E-state index is 11.5. The quantitative estimate of drug-likeness (QED) is 0.579. The first kappa shape index (κ1) is 16.4. The van der Waals surface area contributed by atoms with Gasteiger partial charge in [-0.15, -0.1) is 0 Å². The van der Waals surface area contributed by atoms with Crippen LogP contribution >= 0.6 is 0 Å². The summed E-state index contributed by atoms with van der Waals surface area (Å²) in [5.41, 5.74) is 5.71. The Morgan fingerprint density at radius 1 is 1.12 bits per heavy atom. The zero-order valence-electron chi connectivity index (χ0n) is 11.8. The molecule has 0 aliphatic rings. The molecule has 102 valence electrons. The molecule has 0 radical (unpaired) electrons. The zero-order valence-corrected chi connectivity index (χ0v) is 11.8. The highest BCUT2D eigenvalue weighted by atomic mass is 16.2. The van der Waals surface area contributed by atoms with Gasteiger partial charge >= 0.3 is 0 Å². The van der Waals surface area contributed by atoms with Gasteiger partial charge in [-0.3, -0.25) is 4.79 Å². The Morgan fingerprint density at radius 3 is 2.35 bits per heavy atom. The summed E-state index contributed by atoms with van der Waals surface area (Å²) >= 11 is 0. The third-order valence-electron chi connectivity index (χ3n) is 2.94. The van der Waals surface area contributed by atoms with Crippen LogP contribution in [0.1, 0.15) is 65.7 Å². The van der Waals surface area contributed by atoms with Gasteiger partial charge in [-0.05, 0) is 18.8 Å². The van der Waals surface area contributed by atoms with Gasteiger partial charge in [-0.1, -0.05) is 52.9 Å². The standard InChI is InChI=1S/C14H30N2O/c1-4-9-13(15)14(17)16-11-8-6-5-7-10-12(2)3/h12-13H,4-11,15H2,1-3H3,(H,16,17)/t13-/m0/s1. The number of nitrogens with two attached hydrogens (primary N) is 1. The fourth-order valence-corrected chi connectivity index (χ4v) is 1.82. The van der Waals surface area contributed by atoms with Crippen molar-refractivity contribution < 1.29 is 4.79 Å². The molecule has 0 bridgehead atoms. The van der Waals surface area contributed by atoms with Crippen LogP contribution in [0.3, 0.4) is 0 Å². The minimum Gasteiger partial charge on any atom is -0.355 e. The molecule has 1 atom stereocenters.